The molecule has 0 aliphatic carbocycles. The minimum Gasteiger partial charge on any atom is -0.460 e. The molecule has 0 bridgehead atoms. The van der Waals surface area contributed by atoms with Gasteiger partial charge in [0.05, 0.1) is 178 Å². The first-order valence-corrected chi connectivity index (χ1v) is 19.7. The molecule has 0 saturated carbocycles. The molecule has 0 aliphatic heterocycles. The molecule has 0 aromatic carbocycles. The Bertz CT molecular complexity index is 789. The molecular formula is C38H75NO17. The number of esters is 1. The number of carbonyl (C=O) groups excluding carboxylic acids is 2. The third kappa shape index (κ3) is 48.4. The monoisotopic (exact) mass is 818 g/mol. The highest BCUT2D eigenvalue weighted by molar-refractivity contribution is 5.69. The van der Waals surface area contributed by atoms with Crippen LogP contribution in [0, 0.1) is 0 Å². The van der Waals surface area contributed by atoms with E-state index in [9.17, 15) is 9.59 Å². The summed E-state index contributed by atoms with van der Waals surface area (Å²) in [7, 11) is 0. The van der Waals surface area contributed by atoms with Gasteiger partial charge in [0, 0.05) is 6.54 Å². The molecule has 0 unspecified atom stereocenters. The van der Waals surface area contributed by atoms with Crippen LogP contribution in [-0.4, -0.2) is 202 Å². The van der Waals surface area contributed by atoms with Crippen LogP contribution in [0.3, 0.4) is 0 Å². The smallest absolute Gasteiger partial charge is 0.407 e. The molecule has 0 aromatic heterocycles. The van der Waals surface area contributed by atoms with Crippen LogP contribution in [-0.2, 0) is 75.8 Å². The molecule has 0 heterocycles. The minimum absolute atomic E-state index is 0.226. The van der Waals surface area contributed by atoms with E-state index in [-0.39, 0.29) is 12.4 Å². The number of amides is 1. The lowest BCUT2D eigenvalue weighted by molar-refractivity contribution is -0.156. The van der Waals surface area contributed by atoms with Crippen LogP contribution in [0.4, 0.5) is 4.79 Å². The Balaban J connectivity index is 3.13. The van der Waals surface area contributed by atoms with Crippen LogP contribution >= 0.6 is 0 Å². The van der Waals surface area contributed by atoms with Gasteiger partial charge in [-0.15, -0.1) is 0 Å². The predicted molar refractivity (Wildman–Crippen MR) is 205 cm³/mol. The lowest BCUT2D eigenvalue weighted by Crippen LogP contribution is -2.34. The largest absolute Gasteiger partial charge is 0.460 e. The zero-order valence-corrected chi connectivity index (χ0v) is 35.2. The van der Waals surface area contributed by atoms with E-state index < -0.39 is 17.3 Å². The fraction of sp³-hybridized carbons (Fsp3) is 0.947. The first kappa shape index (κ1) is 54.2. The Morgan fingerprint density at radius 3 is 0.768 bits per heavy atom. The van der Waals surface area contributed by atoms with Crippen molar-refractivity contribution in [2.24, 2.45) is 0 Å². The van der Waals surface area contributed by atoms with Gasteiger partial charge >= 0.3 is 12.1 Å². The predicted octanol–water partition coefficient (Wildman–Crippen LogP) is 2.46. The van der Waals surface area contributed by atoms with Crippen LogP contribution in [0.25, 0.3) is 0 Å². The summed E-state index contributed by atoms with van der Waals surface area (Å²) in [6.45, 7) is 23.3. The SMILES string of the molecule is CC(C)(C)OC(=O)CCOCCOCCOCCOCCOCCOCCOCCOCCOCCOCCOCCOCCOCCNC(=O)OC(C)(C)C. The molecule has 0 saturated heterocycles. The molecule has 1 amide bonds. The van der Waals surface area contributed by atoms with Gasteiger partial charge in [-0.25, -0.2) is 4.79 Å². The van der Waals surface area contributed by atoms with Crippen LogP contribution in [0.1, 0.15) is 48.0 Å². The molecule has 334 valence electrons. The summed E-state index contributed by atoms with van der Waals surface area (Å²) in [5.74, 6) is -0.269. The van der Waals surface area contributed by atoms with Crippen molar-refractivity contribution in [2.75, 3.05) is 178 Å². The van der Waals surface area contributed by atoms with Gasteiger partial charge in [0.15, 0.2) is 0 Å². The van der Waals surface area contributed by atoms with Crippen molar-refractivity contribution >= 4 is 12.1 Å². The molecule has 0 spiro atoms. The minimum atomic E-state index is -0.517. The number of carbonyl (C=O) groups is 2. The van der Waals surface area contributed by atoms with E-state index in [4.69, 9.17) is 71.1 Å². The first-order chi connectivity index (χ1) is 27.0. The first-order valence-electron chi connectivity index (χ1n) is 19.7. The number of ether oxygens (including phenoxy) is 15. The molecular weight excluding hydrogens is 742 g/mol. The fourth-order valence-electron chi connectivity index (χ4n) is 3.83. The summed E-state index contributed by atoms with van der Waals surface area (Å²) >= 11 is 0. The molecule has 0 fully saturated rings. The lowest BCUT2D eigenvalue weighted by atomic mass is 10.2. The third-order valence-corrected chi connectivity index (χ3v) is 6.25. The van der Waals surface area contributed by atoms with Crippen molar-refractivity contribution in [1.29, 1.82) is 0 Å². The van der Waals surface area contributed by atoms with Crippen LogP contribution < -0.4 is 5.32 Å². The lowest BCUT2D eigenvalue weighted by Gasteiger charge is -2.19. The molecule has 0 aromatic rings. The molecule has 0 radical (unpaired) electrons. The number of alkyl carbamates (subject to hydrolysis) is 1. The molecule has 18 nitrogen and oxygen atoms in total. The van der Waals surface area contributed by atoms with Crippen molar-refractivity contribution in [3.8, 4) is 0 Å². The summed E-state index contributed by atoms with van der Waals surface area (Å²) in [4.78, 5) is 23.1. The van der Waals surface area contributed by atoms with E-state index in [0.717, 1.165) is 0 Å². The highest BCUT2D eigenvalue weighted by Gasteiger charge is 2.16. The average molecular weight is 818 g/mol. The number of hydrogen-bond acceptors (Lipinski definition) is 17. The zero-order chi connectivity index (χ0) is 41.3. The van der Waals surface area contributed by atoms with Gasteiger partial charge in [0.25, 0.3) is 0 Å². The van der Waals surface area contributed by atoms with Gasteiger partial charge in [-0.2, -0.15) is 0 Å². The maximum atomic E-state index is 11.6. The van der Waals surface area contributed by atoms with Gasteiger partial charge in [-0.05, 0) is 41.5 Å². The molecule has 0 atom stereocenters. The Hall–Kier alpha value is -1.78. The van der Waals surface area contributed by atoms with Crippen molar-refractivity contribution in [3.63, 3.8) is 0 Å². The summed E-state index contributed by atoms with van der Waals surface area (Å²) in [5.41, 5.74) is -0.996. The van der Waals surface area contributed by atoms with Gasteiger partial charge in [0.1, 0.15) is 11.2 Å². The van der Waals surface area contributed by atoms with E-state index in [2.05, 4.69) is 5.32 Å². The van der Waals surface area contributed by atoms with Crippen LogP contribution in [0.5, 0.6) is 0 Å². The average Bonchev–Trinajstić information content (AvgIpc) is 3.12. The van der Waals surface area contributed by atoms with Gasteiger partial charge in [0.2, 0.25) is 0 Å². The molecule has 56 heavy (non-hydrogen) atoms. The Morgan fingerprint density at radius 2 is 0.536 bits per heavy atom. The zero-order valence-electron chi connectivity index (χ0n) is 35.2. The maximum Gasteiger partial charge on any atom is 0.407 e. The van der Waals surface area contributed by atoms with E-state index in [0.29, 0.717) is 178 Å². The fourth-order valence-corrected chi connectivity index (χ4v) is 3.83. The van der Waals surface area contributed by atoms with Crippen LogP contribution in [0.2, 0.25) is 0 Å². The van der Waals surface area contributed by atoms with Crippen LogP contribution in [0.15, 0.2) is 0 Å². The second-order valence-corrected chi connectivity index (χ2v) is 13.7. The third-order valence-electron chi connectivity index (χ3n) is 6.25. The van der Waals surface area contributed by atoms with E-state index >= 15 is 0 Å². The summed E-state index contributed by atoms with van der Waals surface area (Å²) in [6, 6.07) is 0. The van der Waals surface area contributed by atoms with Gasteiger partial charge in [-0.3, -0.25) is 4.79 Å². The van der Waals surface area contributed by atoms with Crippen molar-refractivity contribution in [3.05, 3.63) is 0 Å². The topological polar surface area (TPSA) is 185 Å². The van der Waals surface area contributed by atoms with Gasteiger partial charge < -0.3 is 76.4 Å². The number of hydrogen-bond donors (Lipinski definition) is 1. The summed E-state index contributed by atoms with van der Waals surface area (Å²) < 4.78 is 81.3. The molecule has 0 aliphatic rings. The highest BCUT2D eigenvalue weighted by atomic mass is 16.6. The van der Waals surface area contributed by atoms with E-state index in [1.54, 1.807) is 0 Å². The highest BCUT2D eigenvalue weighted by Crippen LogP contribution is 2.08. The Labute approximate surface area is 335 Å². The normalized spacial score (nSPS) is 12.0. The number of nitrogens with one attached hydrogen (secondary N) is 1. The molecule has 0 rings (SSSR count). The van der Waals surface area contributed by atoms with Gasteiger partial charge in [-0.1, -0.05) is 0 Å². The van der Waals surface area contributed by atoms with E-state index in [1.807, 2.05) is 41.5 Å². The molecule has 18 heteroatoms. The van der Waals surface area contributed by atoms with E-state index in [1.165, 1.54) is 0 Å². The summed E-state index contributed by atoms with van der Waals surface area (Å²) in [5, 5.41) is 2.63. The second-order valence-electron chi connectivity index (χ2n) is 13.7. The molecule has 1 N–H and O–H groups in total. The summed E-state index contributed by atoms with van der Waals surface area (Å²) in [6.07, 6.45) is -0.230. The quantitative estimate of drug-likeness (QED) is 0.0699. The Morgan fingerprint density at radius 1 is 0.321 bits per heavy atom. The Kier molecular flexibility index (Phi) is 38.7. The van der Waals surface area contributed by atoms with Crippen molar-refractivity contribution in [2.45, 2.75) is 59.2 Å². The maximum absolute atomic E-state index is 11.6. The standard InChI is InChI=1S/C38H75NO17/c1-37(2,3)55-35(40)7-9-42-11-13-44-15-17-46-19-21-48-23-25-50-27-29-52-31-33-54-34-32-53-30-28-51-26-24-49-22-20-47-18-16-45-14-12-43-10-8-39-36(41)56-38(4,5)6/h7-34H2,1-6H3,(H,39,41). The number of rotatable bonds is 42. The second kappa shape index (κ2) is 40.0. The van der Waals surface area contributed by atoms with Crippen molar-refractivity contribution < 1.29 is 80.6 Å². The van der Waals surface area contributed by atoms with Crippen molar-refractivity contribution in [1.82, 2.24) is 5.32 Å².